The highest BCUT2D eigenvalue weighted by atomic mass is 79.9. The van der Waals surface area contributed by atoms with Crippen LogP contribution in [-0.4, -0.2) is 27.2 Å². The van der Waals surface area contributed by atoms with E-state index >= 15 is 0 Å². The van der Waals surface area contributed by atoms with Gasteiger partial charge in [-0.1, -0.05) is 39.1 Å². The van der Waals surface area contributed by atoms with Gasteiger partial charge in [0.25, 0.3) is 5.91 Å². The highest BCUT2D eigenvalue weighted by molar-refractivity contribution is 9.10. The maximum absolute atomic E-state index is 12.1. The minimum atomic E-state index is -1.18. The Balaban J connectivity index is 2.36. The summed E-state index contributed by atoms with van der Waals surface area (Å²) in [6.07, 6.45) is 0. The van der Waals surface area contributed by atoms with E-state index in [9.17, 15) is 9.59 Å². The molecule has 1 aromatic carbocycles. The molecule has 0 aliphatic carbocycles. The lowest BCUT2D eigenvalue weighted by Gasteiger charge is -2.09. The van der Waals surface area contributed by atoms with E-state index in [1.165, 1.54) is 18.2 Å². The van der Waals surface area contributed by atoms with Gasteiger partial charge in [0, 0.05) is 4.47 Å². The van der Waals surface area contributed by atoms with Crippen molar-refractivity contribution in [2.75, 3.05) is 5.32 Å². The van der Waals surface area contributed by atoms with Gasteiger partial charge in [-0.15, -0.1) is 10.2 Å². The van der Waals surface area contributed by atoms with Crippen molar-refractivity contribution in [2.45, 2.75) is 0 Å². The van der Waals surface area contributed by atoms with Gasteiger partial charge in [0.1, 0.15) is 0 Å². The van der Waals surface area contributed by atoms with Gasteiger partial charge in [0.15, 0.2) is 10.3 Å². The lowest BCUT2D eigenvalue weighted by atomic mass is 10.1. The summed E-state index contributed by atoms with van der Waals surface area (Å²) in [4.78, 5) is 23.3. The first kappa shape index (κ1) is 15.7. The summed E-state index contributed by atoms with van der Waals surface area (Å²) in [5, 5.41) is 18.4. The first-order chi connectivity index (χ1) is 9.88. The highest BCUT2D eigenvalue weighted by Gasteiger charge is 2.17. The summed E-state index contributed by atoms with van der Waals surface area (Å²) >= 11 is 14.6. The summed E-state index contributed by atoms with van der Waals surface area (Å²) < 4.78 is 0.574. The predicted molar refractivity (Wildman–Crippen MR) is 81.1 cm³/mol. The first-order valence-corrected chi connectivity index (χ1v) is 6.96. The lowest BCUT2D eigenvalue weighted by molar-refractivity contribution is 0.0698. The number of hydrogen-bond donors (Lipinski definition) is 2. The number of halogens is 3. The number of nitrogens with zero attached hydrogens (tertiary/aromatic N) is 2. The number of hydrogen-bond acceptors (Lipinski definition) is 4. The average molecular weight is 391 g/mol. The van der Waals surface area contributed by atoms with Gasteiger partial charge in [-0.2, -0.15) is 0 Å². The Bertz CT molecular complexity index is 740. The average Bonchev–Trinajstić information content (AvgIpc) is 2.43. The largest absolute Gasteiger partial charge is 0.478 e. The Hall–Kier alpha value is -1.70. The number of carbonyl (C=O) groups excluding carboxylic acids is 1. The van der Waals surface area contributed by atoms with E-state index in [2.05, 4.69) is 31.4 Å². The third-order valence-corrected chi connectivity index (χ3v) is 3.38. The van der Waals surface area contributed by atoms with E-state index in [-0.39, 0.29) is 27.1 Å². The molecule has 0 aliphatic heterocycles. The molecular weight excluding hydrogens is 385 g/mol. The molecule has 0 spiro atoms. The molecule has 0 bridgehead atoms. The summed E-state index contributed by atoms with van der Waals surface area (Å²) in [5.74, 6) is -1.81. The molecule has 0 atom stereocenters. The van der Waals surface area contributed by atoms with Crippen LogP contribution in [0.2, 0.25) is 10.3 Å². The van der Waals surface area contributed by atoms with Gasteiger partial charge in [-0.25, -0.2) is 4.79 Å². The number of rotatable bonds is 3. The molecule has 2 aromatic rings. The van der Waals surface area contributed by atoms with Crippen LogP contribution in [0.5, 0.6) is 0 Å². The third-order valence-electron chi connectivity index (χ3n) is 2.42. The Labute approximate surface area is 137 Å². The maximum Gasteiger partial charge on any atom is 0.337 e. The van der Waals surface area contributed by atoms with E-state index in [0.717, 1.165) is 0 Å². The van der Waals surface area contributed by atoms with Crippen molar-refractivity contribution in [3.63, 3.8) is 0 Å². The summed E-state index contributed by atoms with van der Waals surface area (Å²) in [6, 6.07) is 5.67. The molecule has 1 heterocycles. The van der Waals surface area contributed by atoms with Crippen LogP contribution in [0.3, 0.4) is 0 Å². The molecular formula is C12H6BrCl2N3O3. The number of benzene rings is 1. The number of anilines is 1. The van der Waals surface area contributed by atoms with Crippen molar-refractivity contribution < 1.29 is 14.7 Å². The molecule has 21 heavy (non-hydrogen) atoms. The molecule has 108 valence electrons. The number of nitrogens with one attached hydrogen (secondary N) is 1. The number of amides is 1. The van der Waals surface area contributed by atoms with Crippen molar-refractivity contribution in [2.24, 2.45) is 0 Å². The van der Waals surface area contributed by atoms with Gasteiger partial charge in [-0.05, 0) is 24.3 Å². The highest BCUT2D eigenvalue weighted by Crippen LogP contribution is 2.23. The van der Waals surface area contributed by atoms with Crippen molar-refractivity contribution >= 4 is 56.7 Å². The molecule has 0 fully saturated rings. The van der Waals surface area contributed by atoms with Crippen molar-refractivity contribution in [1.82, 2.24) is 10.2 Å². The minimum absolute atomic E-state index is 0.00110. The van der Waals surface area contributed by atoms with E-state index in [4.69, 9.17) is 28.3 Å². The zero-order valence-corrected chi connectivity index (χ0v) is 13.2. The lowest BCUT2D eigenvalue weighted by Crippen LogP contribution is -2.16. The Morgan fingerprint density at radius 2 is 1.86 bits per heavy atom. The molecule has 0 unspecified atom stereocenters. The monoisotopic (exact) mass is 389 g/mol. The first-order valence-electron chi connectivity index (χ1n) is 5.41. The quantitative estimate of drug-likeness (QED) is 0.836. The van der Waals surface area contributed by atoms with Crippen LogP contribution in [0.25, 0.3) is 0 Å². The number of carbonyl (C=O) groups is 2. The topological polar surface area (TPSA) is 92.2 Å². The van der Waals surface area contributed by atoms with Gasteiger partial charge in [0.2, 0.25) is 0 Å². The van der Waals surface area contributed by atoms with Gasteiger partial charge < -0.3 is 10.4 Å². The zero-order valence-electron chi connectivity index (χ0n) is 10.1. The molecule has 0 saturated carbocycles. The number of carboxylic acids is 1. The molecule has 9 heteroatoms. The normalized spacial score (nSPS) is 10.2. The van der Waals surface area contributed by atoms with Crippen LogP contribution in [0.1, 0.15) is 20.7 Å². The fraction of sp³-hybridized carbons (Fsp3) is 0. The van der Waals surface area contributed by atoms with Gasteiger partial charge >= 0.3 is 5.97 Å². The van der Waals surface area contributed by atoms with E-state index in [0.29, 0.717) is 4.47 Å². The van der Waals surface area contributed by atoms with Crippen molar-refractivity contribution in [3.05, 3.63) is 50.2 Å². The summed E-state index contributed by atoms with van der Waals surface area (Å²) in [5.41, 5.74) is 0.0533. The number of carboxylic acid groups (broad SMARTS) is 1. The molecule has 6 nitrogen and oxygen atoms in total. The van der Waals surface area contributed by atoms with Crippen LogP contribution in [0.4, 0.5) is 5.69 Å². The van der Waals surface area contributed by atoms with Crippen LogP contribution >= 0.6 is 39.1 Å². The molecule has 1 aromatic heterocycles. The van der Waals surface area contributed by atoms with Crippen LogP contribution in [-0.2, 0) is 0 Å². The Morgan fingerprint density at radius 1 is 1.14 bits per heavy atom. The zero-order chi connectivity index (χ0) is 15.6. The van der Waals surface area contributed by atoms with E-state index in [1.54, 1.807) is 6.07 Å². The fourth-order valence-corrected chi connectivity index (χ4v) is 2.19. The molecule has 0 aliphatic rings. The molecule has 0 saturated heterocycles. The maximum atomic E-state index is 12.1. The molecule has 2 rings (SSSR count). The Morgan fingerprint density at radius 3 is 2.52 bits per heavy atom. The molecule has 2 N–H and O–H groups in total. The van der Waals surface area contributed by atoms with E-state index < -0.39 is 11.9 Å². The van der Waals surface area contributed by atoms with E-state index in [1.807, 2.05) is 0 Å². The fourth-order valence-electron chi connectivity index (χ4n) is 1.50. The SMILES string of the molecule is O=C(O)c1cc(Br)ccc1NC(=O)c1cc(Cl)nnc1Cl. The second-order valence-corrected chi connectivity index (χ2v) is 5.48. The molecule has 0 radical (unpaired) electrons. The molecule has 1 amide bonds. The smallest absolute Gasteiger partial charge is 0.337 e. The minimum Gasteiger partial charge on any atom is -0.478 e. The second-order valence-electron chi connectivity index (χ2n) is 3.82. The van der Waals surface area contributed by atoms with Gasteiger partial charge in [-0.3, -0.25) is 4.79 Å². The summed E-state index contributed by atoms with van der Waals surface area (Å²) in [7, 11) is 0. The number of aromatic nitrogens is 2. The second kappa shape index (κ2) is 6.38. The number of aromatic carboxylic acids is 1. The predicted octanol–water partition coefficient (Wildman–Crippen LogP) is 3.50. The third kappa shape index (κ3) is 3.69. The van der Waals surface area contributed by atoms with Gasteiger partial charge in [0.05, 0.1) is 16.8 Å². The Kier molecular flexibility index (Phi) is 4.76. The summed E-state index contributed by atoms with van der Waals surface area (Å²) in [6.45, 7) is 0. The van der Waals surface area contributed by atoms with Crippen LogP contribution in [0, 0.1) is 0 Å². The van der Waals surface area contributed by atoms with Crippen LogP contribution in [0.15, 0.2) is 28.7 Å². The van der Waals surface area contributed by atoms with Crippen LogP contribution < -0.4 is 5.32 Å². The van der Waals surface area contributed by atoms with Crippen molar-refractivity contribution in [3.8, 4) is 0 Å². The van der Waals surface area contributed by atoms with Crippen molar-refractivity contribution in [1.29, 1.82) is 0 Å². The standard InChI is InChI=1S/C12H6BrCl2N3O3/c13-5-1-2-8(6(3-5)12(20)21)16-11(19)7-4-9(14)17-18-10(7)15/h1-4H,(H,16,19)(H,20,21).